The van der Waals surface area contributed by atoms with Crippen LogP contribution in [0.5, 0.6) is 11.5 Å². The Morgan fingerprint density at radius 3 is 2.94 bits per heavy atom. The average molecular weight is 237 g/mol. The third-order valence-electron chi connectivity index (χ3n) is 2.85. The summed E-state index contributed by atoms with van der Waals surface area (Å²) in [5.74, 6) is 0.446. The molecule has 0 saturated carbocycles. The summed E-state index contributed by atoms with van der Waals surface area (Å²) in [4.78, 5) is 10.8. The van der Waals surface area contributed by atoms with E-state index in [1.165, 1.54) is 0 Å². The third kappa shape index (κ3) is 2.19. The lowest BCUT2D eigenvalue weighted by atomic mass is 9.97. The largest absolute Gasteiger partial charge is 0.480 e. The standard InChI is InChI=1S/C12H15NO4/c1-2-8-7(5-9(13)12(14)15)3-4-10-11(8)17-6-16-10/h3-4,9H,2,5-6,13H2,1H3,(H,14,15). The van der Waals surface area contributed by atoms with Crippen LogP contribution in [-0.4, -0.2) is 23.9 Å². The highest BCUT2D eigenvalue weighted by Crippen LogP contribution is 2.38. The molecular weight excluding hydrogens is 222 g/mol. The van der Waals surface area contributed by atoms with Crippen molar-refractivity contribution in [3.8, 4) is 11.5 Å². The number of benzene rings is 1. The van der Waals surface area contributed by atoms with Gasteiger partial charge in [0.15, 0.2) is 11.5 Å². The summed E-state index contributed by atoms with van der Waals surface area (Å²) < 4.78 is 10.7. The minimum atomic E-state index is -0.996. The summed E-state index contributed by atoms with van der Waals surface area (Å²) in [6, 6.07) is 2.77. The molecule has 1 aliphatic rings. The van der Waals surface area contributed by atoms with Crippen molar-refractivity contribution in [1.29, 1.82) is 0 Å². The number of hydrogen-bond acceptors (Lipinski definition) is 4. The Kier molecular flexibility index (Phi) is 3.19. The van der Waals surface area contributed by atoms with E-state index in [4.69, 9.17) is 20.3 Å². The van der Waals surface area contributed by atoms with Gasteiger partial charge >= 0.3 is 5.97 Å². The quantitative estimate of drug-likeness (QED) is 0.814. The van der Waals surface area contributed by atoms with Crippen LogP contribution in [0.3, 0.4) is 0 Å². The molecule has 0 saturated heterocycles. The van der Waals surface area contributed by atoms with Crippen molar-refractivity contribution in [3.63, 3.8) is 0 Å². The fourth-order valence-corrected chi connectivity index (χ4v) is 1.97. The highest BCUT2D eigenvalue weighted by molar-refractivity contribution is 5.73. The maximum Gasteiger partial charge on any atom is 0.320 e. The van der Waals surface area contributed by atoms with Gasteiger partial charge in [-0.05, 0) is 24.5 Å². The van der Waals surface area contributed by atoms with E-state index in [1.807, 2.05) is 13.0 Å². The van der Waals surface area contributed by atoms with Crippen molar-refractivity contribution >= 4 is 5.97 Å². The zero-order valence-electron chi connectivity index (χ0n) is 9.60. The van der Waals surface area contributed by atoms with Gasteiger partial charge in [-0.1, -0.05) is 13.0 Å². The number of nitrogens with two attached hydrogens (primary N) is 1. The Bertz CT molecular complexity index is 444. The second kappa shape index (κ2) is 4.63. The molecule has 1 heterocycles. The Morgan fingerprint density at radius 2 is 2.29 bits per heavy atom. The molecule has 17 heavy (non-hydrogen) atoms. The predicted molar refractivity (Wildman–Crippen MR) is 61.3 cm³/mol. The lowest BCUT2D eigenvalue weighted by Gasteiger charge is -2.12. The van der Waals surface area contributed by atoms with E-state index in [9.17, 15) is 4.79 Å². The molecule has 1 aliphatic heterocycles. The summed E-state index contributed by atoms with van der Waals surface area (Å²) in [6.07, 6.45) is 1.06. The Balaban J connectivity index is 2.31. The SMILES string of the molecule is CCc1c(CC(N)C(=O)O)ccc2c1OCO2. The molecule has 1 aromatic carbocycles. The highest BCUT2D eigenvalue weighted by atomic mass is 16.7. The molecule has 1 unspecified atom stereocenters. The topological polar surface area (TPSA) is 81.8 Å². The zero-order chi connectivity index (χ0) is 12.4. The van der Waals surface area contributed by atoms with Gasteiger partial charge in [0.2, 0.25) is 6.79 Å². The van der Waals surface area contributed by atoms with E-state index in [2.05, 4.69) is 0 Å². The summed E-state index contributed by atoms with van der Waals surface area (Å²) in [7, 11) is 0. The van der Waals surface area contributed by atoms with Crippen molar-refractivity contribution in [3.05, 3.63) is 23.3 Å². The van der Waals surface area contributed by atoms with Crippen LogP contribution in [0.4, 0.5) is 0 Å². The maximum absolute atomic E-state index is 10.8. The fraction of sp³-hybridized carbons (Fsp3) is 0.417. The molecule has 0 aliphatic carbocycles. The van der Waals surface area contributed by atoms with Gasteiger partial charge in [-0.2, -0.15) is 0 Å². The first-order valence-corrected chi connectivity index (χ1v) is 5.52. The average Bonchev–Trinajstić information content (AvgIpc) is 2.76. The number of carbonyl (C=O) groups is 1. The van der Waals surface area contributed by atoms with E-state index in [-0.39, 0.29) is 6.79 Å². The van der Waals surface area contributed by atoms with Gasteiger partial charge in [0, 0.05) is 5.56 Å². The van der Waals surface area contributed by atoms with E-state index in [1.54, 1.807) is 6.07 Å². The molecule has 5 nitrogen and oxygen atoms in total. The van der Waals surface area contributed by atoms with Gasteiger partial charge in [0.05, 0.1) is 0 Å². The van der Waals surface area contributed by atoms with Crippen molar-refractivity contribution < 1.29 is 19.4 Å². The van der Waals surface area contributed by atoms with Crippen LogP contribution in [0, 0.1) is 0 Å². The van der Waals surface area contributed by atoms with Gasteiger partial charge in [-0.3, -0.25) is 4.79 Å². The Labute approximate surface area is 99.1 Å². The molecule has 0 spiro atoms. The molecule has 5 heteroatoms. The number of aliphatic carboxylic acids is 1. The molecule has 0 radical (unpaired) electrons. The molecule has 0 bridgehead atoms. The van der Waals surface area contributed by atoms with Crippen LogP contribution in [-0.2, 0) is 17.6 Å². The van der Waals surface area contributed by atoms with Gasteiger partial charge in [-0.15, -0.1) is 0 Å². The predicted octanol–water partition coefficient (Wildman–Crippen LogP) is 0.932. The molecule has 0 amide bonds. The Hall–Kier alpha value is -1.75. The van der Waals surface area contributed by atoms with Gasteiger partial charge in [0.25, 0.3) is 0 Å². The molecular formula is C12H15NO4. The summed E-state index contributed by atoms with van der Waals surface area (Å²) in [5, 5.41) is 8.82. The molecule has 0 aromatic heterocycles. The normalized spacial score (nSPS) is 14.7. The van der Waals surface area contributed by atoms with E-state index in [0.717, 1.165) is 29.0 Å². The maximum atomic E-state index is 10.8. The lowest BCUT2D eigenvalue weighted by molar-refractivity contribution is -0.138. The highest BCUT2D eigenvalue weighted by Gasteiger charge is 2.22. The van der Waals surface area contributed by atoms with Crippen LogP contribution in [0.2, 0.25) is 0 Å². The van der Waals surface area contributed by atoms with Crippen molar-refractivity contribution in [2.45, 2.75) is 25.8 Å². The van der Waals surface area contributed by atoms with Crippen LogP contribution >= 0.6 is 0 Å². The minimum Gasteiger partial charge on any atom is -0.480 e. The number of carboxylic acids is 1. The molecule has 1 aromatic rings. The number of carboxylic acid groups (broad SMARTS) is 1. The first-order valence-electron chi connectivity index (χ1n) is 5.52. The summed E-state index contributed by atoms with van der Waals surface area (Å²) in [5.41, 5.74) is 7.44. The van der Waals surface area contributed by atoms with Crippen LogP contribution in [0.25, 0.3) is 0 Å². The number of ether oxygens (including phenoxy) is 2. The second-order valence-electron chi connectivity index (χ2n) is 3.94. The minimum absolute atomic E-state index is 0.219. The monoisotopic (exact) mass is 237 g/mol. The second-order valence-corrected chi connectivity index (χ2v) is 3.94. The molecule has 1 atom stereocenters. The van der Waals surface area contributed by atoms with Crippen molar-refractivity contribution in [2.24, 2.45) is 5.73 Å². The van der Waals surface area contributed by atoms with E-state index < -0.39 is 12.0 Å². The number of rotatable bonds is 4. The van der Waals surface area contributed by atoms with Crippen LogP contribution in [0.1, 0.15) is 18.1 Å². The third-order valence-corrected chi connectivity index (χ3v) is 2.85. The van der Waals surface area contributed by atoms with Gasteiger partial charge < -0.3 is 20.3 Å². The summed E-state index contributed by atoms with van der Waals surface area (Å²) >= 11 is 0. The first-order chi connectivity index (χ1) is 8.13. The molecule has 2 rings (SSSR count). The fourth-order valence-electron chi connectivity index (χ4n) is 1.97. The summed E-state index contributed by atoms with van der Waals surface area (Å²) in [6.45, 7) is 2.21. The lowest BCUT2D eigenvalue weighted by Crippen LogP contribution is -2.32. The molecule has 92 valence electrons. The van der Waals surface area contributed by atoms with E-state index in [0.29, 0.717) is 6.42 Å². The van der Waals surface area contributed by atoms with Crippen LogP contribution in [0.15, 0.2) is 12.1 Å². The molecule has 3 N–H and O–H groups in total. The van der Waals surface area contributed by atoms with Crippen molar-refractivity contribution in [1.82, 2.24) is 0 Å². The molecule has 0 fully saturated rings. The smallest absolute Gasteiger partial charge is 0.320 e. The van der Waals surface area contributed by atoms with Crippen molar-refractivity contribution in [2.75, 3.05) is 6.79 Å². The zero-order valence-corrected chi connectivity index (χ0v) is 9.60. The number of hydrogen-bond donors (Lipinski definition) is 2. The van der Waals surface area contributed by atoms with Gasteiger partial charge in [0.1, 0.15) is 6.04 Å². The van der Waals surface area contributed by atoms with Crippen LogP contribution < -0.4 is 15.2 Å². The van der Waals surface area contributed by atoms with Gasteiger partial charge in [-0.25, -0.2) is 0 Å². The number of fused-ring (bicyclic) bond motifs is 1. The Morgan fingerprint density at radius 1 is 1.53 bits per heavy atom. The van der Waals surface area contributed by atoms with E-state index >= 15 is 0 Å². The first kappa shape index (κ1) is 11.7.